The molecule has 2 aromatic heterocycles. The van der Waals surface area contributed by atoms with E-state index in [1.54, 1.807) is 6.07 Å². The summed E-state index contributed by atoms with van der Waals surface area (Å²) >= 11 is 0. The minimum atomic E-state index is -0.0622. The number of aromatic amines is 1. The van der Waals surface area contributed by atoms with Crippen molar-refractivity contribution in [3.63, 3.8) is 0 Å². The van der Waals surface area contributed by atoms with Crippen molar-refractivity contribution in [2.75, 3.05) is 0 Å². The predicted octanol–water partition coefficient (Wildman–Crippen LogP) is 2.32. The minimum absolute atomic E-state index is 0.0622. The van der Waals surface area contributed by atoms with Crippen molar-refractivity contribution in [1.82, 2.24) is 4.98 Å². The van der Waals surface area contributed by atoms with Crippen molar-refractivity contribution >= 4 is 6.29 Å². The van der Waals surface area contributed by atoms with E-state index in [9.17, 15) is 9.59 Å². The molecular formula is C13H13NO3. The highest BCUT2D eigenvalue weighted by Crippen LogP contribution is 2.23. The van der Waals surface area contributed by atoms with Gasteiger partial charge in [0, 0.05) is 22.4 Å². The first-order valence-electron chi connectivity index (χ1n) is 5.42. The number of aromatic nitrogens is 1. The van der Waals surface area contributed by atoms with Crippen molar-refractivity contribution in [3.8, 4) is 11.1 Å². The molecule has 4 heteroatoms. The standard InChI is InChI=1S/C13H13NO3/c1-3-9-5-12(8(2)14-13(9)16)10-4-11(6-15)17-7-10/h4-7H,3H2,1-2H3,(H,14,16). The van der Waals surface area contributed by atoms with Crippen LogP contribution in [0, 0.1) is 6.92 Å². The van der Waals surface area contributed by atoms with Gasteiger partial charge in [-0.15, -0.1) is 0 Å². The smallest absolute Gasteiger partial charge is 0.251 e. The SMILES string of the molecule is CCc1cc(-c2coc(C=O)c2)c(C)[nH]c1=O. The number of hydrogen-bond donors (Lipinski definition) is 1. The topological polar surface area (TPSA) is 63.1 Å². The Labute approximate surface area is 98.3 Å². The van der Waals surface area contributed by atoms with Crippen molar-refractivity contribution in [1.29, 1.82) is 0 Å². The highest BCUT2D eigenvalue weighted by Gasteiger charge is 2.09. The number of aryl methyl sites for hydroxylation is 2. The number of nitrogens with one attached hydrogen (secondary N) is 1. The summed E-state index contributed by atoms with van der Waals surface area (Å²) < 4.78 is 5.07. The third kappa shape index (κ3) is 2.06. The second-order valence-electron chi connectivity index (χ2n) is 3.87. The van der Waals surface area contributed by atoms with E-state index >= 15 is 0 Å². The molecule has 0 aliphatic heterocycles. The van der Waals surface area contributed by atoms with Crippen molar-refractivity contribution < 1.29 is 9.21 Å². The van der Waals surface area contributed by atoms with E-state index in [4.69, 9.17) is 4.42 Å². The third-order valence-electron chi connectivity index (χ3n) is 2.74. The molecule has 0 amide bonds. The predicted molar refractivity (Wildman–Crippen MR) is 64.3 cm³/mol. The molecule has 2 aromatic rings. The normalized spacial score (nSPS) is 10.5. The number of aldehydes is 1. The lowest BCUT2D eigenvalue weighted by Crippen LogP contribution is -2.13. The number of furan rings is 1. The summed E-state index contributed by atoms with van der Waals surface area (Å²) in [5, 5.41) is 0. The van der Waals surface area contributed by atoms with Crippen LogP contribution in [0.2, 0.25) is 0 Å². The van der Waals surface area contributed by atoms with E-state index in [2.05, 4.69) is 4.98 Å². The average Bonchev–Trinajstić information content (AvgIpc) is 2.78. The number of hydrogen-bond acceptors (Lipinski definition) is 3. The molecule has 0 bridgehead atoms. The maximum atomic E-state index is 11.6. The quantitative estimate of drug-likeness (QED) is 0.824. The fourth-order valence-corrected chi connectivity index (χ4v) is 1.78. The summed E-state index contributed by atoms with van der Waals surface area (Å²) in [6.45, 7) is 3.75. The van der Waals surface area contributed by atoms with E-state index in [0.29, 0.717) is 12.7 Å². The van der Waals surface area contributed by atoms with Crippen LogP contribution in [0.1, 0.15) is 28.7 Å². The Morgan fingerprint density at radius 2 is 2.18 bits per heavy atom. The van der Waals surface area contributed by atoms with Crippen LogP contribution in [0.4, 0.5) is 0 Å². The lowest BCUT2D eigenvalue weighted by atomic mass is 10.0. The van der Waals surface area contributed by atoms with Gasteiger partial charge in [-0.3, -0.25) is 9.59 Å². The molecule has 0 aromatic carbocycles. The number of carbonyl (C=O) groups excluding carboxylic acids is 1. The Kier molecular flexibility index (Phi) is 2.95. The van der Waals surface area contributed by atoms with Gasteiger partial charge in [0.15, 0.2) is 12.0 Å². The van der Waals surface area contributed by atoms with Gasteiger partial charge >= 0.3 is 0 Å². The molecule has 88 valence electrons. The second kappa shape index (κ2) is 4.41. The lowest BCUT2D eigenvalue weighted by molar-refractivity contribution is 0.110. The first-order chi connectivity index (χ1) is 8.15. The molecule has 2 rings (SSSR count). The molecule has 0 aliphatic rings. The number of carbonyl (C=O) groups is 1. The molecule has 2 heterocycles. The van der Waals surface area contributed by atoms with Crippen molar-refractivity contribution in [3.05, 3.63) is 45.8 Å². The van der Waals surface area contributed by atoms with Crippen molar-refractivity contribution in [2.45, 2.75) is 20.3 Å². The maximum absolute atomic E-state index is 11.6. The van der Waals surface area contributed by atoms with Crippen LogP contribution in [-0.4, -0.2) is 11.3 Å². The van der Waals surface area contributed by atoms with Gasteiger partial charge in [-0.05, 0) is 25.5 Å². The fourth-order valence-electron chi connectivity index (χ4n) is 1.78. The summed E-state index contributed by atoms with van der Waals surface area (Å²) in [5.74, 6) is 0.281. The first kappa shape index (κ1) is 11.4. The molecule has 4 nitrogen and oxygen atoms in total. The lowest BCUT2D eigenvalue weighted by Gasteiger charge is -2.05. The maximum Gasteiger partial charge on any atom is 0.251 e. The highest BCUT2D eigenvalue weighted by atomic mass is 16.3. The van der Waals surface area contributed by atoms with Gasteiger partial charge < -0.3 is 9.40 Å². The number of H-pyrrole nitrogens is 1. The van der Waals surface area contributed by atoms with Crippen LogP contribution in [0.15, 0.2) is 27.6 Å². The molecule has 0 fully saturated rings. The largest absolute Gasteiger partial charge is 0.461 e. The van der Waals surface area contributed by atoms with Gasteiger partial charge in [0.05, 0.1) is 6.26 Å². The molecule has 0 spiro atoms. The highest BCUT2D eigenvalue weighted by molar-refractivity contribution is 5.76. The average molecular weight is 231 g/mol. The summed E-state index contributed by atoms with van der Waals surface area (Å²) in [4.78, 5) is 24.9. The van der Waals surface area contributed by atoms with Gasteiger partial charge in [-0.2, -0.15) is 0 Å². The van der Waals surface area contributed by atoms with E-state index in [-0.39, 0.29) is 11.3 Å². The number of rotatable bonds is 3. The van der Waals surface area contributed by atoms with Gasteiger partial charge in [-0.25, -0.2) is 0 Å². The molecule has 0 radical (unpaired) electrons. The zero-order valence-corrected chi connectivity index (χ0v) is 9.74. The van der Waals surface area contributed by atoms with E-state index in [0.717, 1.165) is 22.4 Å². The van der Waals surface area contributed by atoms with Gasteiger partial charge in [-0.1, -0.05) is 6.92 Å². The summed E-state index contributed by atoms with van der Waals surface area (Å²) in [6, 6.07) is 3.50. The molecule has 0 aliphatic carbocycles. The third-order valence-corrected chi connectivity index (χ3v) is 2.74. The Bertz CT molecular complexity index is 607. The second-order valence-corrected chi connectivity index (χ2v) is 3.87. The molecule has 0 atom stereocenters. The fraction of sp³-hybridized carbons (Fsp3) is 0.231. The van der Waals surface area contributed by atoms with Gasteiger partial charge in [0.25, 0.3) is 5.56 Å². The van der Waals surface area contributed by atoms with Crippen molar-refractivity contribution in [2.24, 2.45) is 0 Å². The van der Waals surface area contributed by atoms with Gasteiger partial charge in [0.2, 0.25) is 0 Å². The summed E-state index contributed by atoms with van der Waals surface area (Å²) in [7, 11) is 0. The minimum Gasteiger partial charge on any atom is -0.461 e. The molecule has 17 heavy (non-hydrogen) atoms. The van der Waals surface area contributed by atoms with Crippen LogP contribution < -0.4 is 5.56 Å². The zero-order valence-electron chi connectivity index (χ0n) is 9.74. The molecular weight excluding hydrogens is 218 g/mol. The summed E-state index contributed by atoms with van der Waals surface area (Å²) in [5.41, 5.74) is 3.12. The van der Waals surface area contributed by atoms with E-state index < -0.39 is 0 Å². The number of pyridine rings is 1. The van der Waals surface area contributed by atoms with Crippen LogP contribution in [0.5, 0.6) is 0 Å². The summed E-state index contributed by atoms with van der Waals surface area (Å²) in [6.07, 6.45) is 2.84. The van der Waals surface area contributed by atoms with E-state index in [1.165, 1.54) is 6.26 Å². The van der Waals surface area contributed by atoms with E-state index in [1.807, 2.05) is 19.9 Å². The molecule has 1 N–H and O–H groups in total. The molecule has 0 unspecified atom stereocenters. The Hall–Kier alpha value is -2.10. The van der Waals surface area contributed by atoms with Crippen LogP contribution in [0.25, 0.3) is 11.1 Å². The zero-order chi connectivity index (χ0) is 12.4. The Morgan fingerprint density at radius 3 is 2.76 bits per heavy atom. The molecule has 0 saturated carbocycles. The monoisotopic (exact) mass is 231 g/mol. The van der Waals surface area contributed by atoms with Gasteiger partial charge in [0.1, 0.15) is 0 Å². The van der Waals surface area contributed by atoms with Crippen LogP contribution >= 0.6 is 0 Å². The molecule has 0 saturated heterocycles. The Balaban J connectivity index is 2.58. The van der Waals surface area contributed by atoms with Crippen LogP contribution in [-0.2, 0) is 6.42 Å². The first-order valence-corrected chi connectivity index (χ1v) is 5.42. The van der Waals surface area contributed by atoms with Crippen LogP contribution in [0.3, 0.4) is 0 Å². The Morgan fingerprint density at radius 1 is 1.41 bits per heavy atom.